The second kappa shape index (κ2) is 10.1. The van der Waals surface area contributed by atoms with Gasteiger partial charge in [0.25, 0.3) is 0 Å². The zero-order valence-corrected chi connectivity index (χ0v) is 19.1. The second-order valence-electron chi connectivity index (χ2n) is 8.25. The van der Waals surface area contributed by atoms with Gasteiger partial charge in [-0.05, 0) is 101 Å². The van der Waals surface area contributed by atoms with Crippen molar-refractivity contribution in [2.75, 3.05) is 6.61 Å². The minimum atomic E-state index is -0.0558. The number of phenols is 1. The summed E-state index contributed by atoms with van der Waals surface area (Å²) in [6.07, 6.45) is 3.89. The van der Waals surface area contributed by atoms with Crippen LogP contribution in [-0.4, -0.2) is 23.7 Å². The fourth-order valence-corrected chi connectivity index (χ4v) is 3.08. The zero-order valence-electron chi connectivity index (χ0n) is 19.1. The molecule has 4 nitrogen and oxygen atoms in total. The van der Waals surface area contributed by atoms with Crippen LogP contribution in [0.25, 0.3) is 17.2 Å². The minimum absolute atomic E-state index is 0.0558. The molecule has 2 rings (SSSR count). The van der Waals surface area contributed by atoms with E-state index in [4.69, 9.17) is 4.74 Å². The van der Waals surface area contributed by atoms with Crippen LogP contribution in [0.5, 0.6) is 11.5 Å². The largest absolute Gasteiger partial charge is 0.504 e. The number of benzene rings is 2. The molecule has 4 heteroatoms. The molecule has 0 fully saturated rings. The highest BCUT2D eigenvalue weighted by atomic mass is 16.5. The zero-order chi connectivity index (χ0) is 22.4. The quantitative estimate of drug-likeness (QED) is 0.440. The molecule has 0 bridgehead atoms. The van der Waals surface area contributed by atoms with E-state index < -0.39 is 0 Å². The Hall–Kier alpha value is -3.01. The van der Waals surface area contributed by atoms with E-state index >= 15 is 0 Å². The fraction of sp³-hybridized carbons (Fsp3) is 0.346. The molecule has 0 radical (unpaired) electrons. The normalized spacial score (nSPS) is 11.4. The standard InChI is InChI=1S/C26H33NO3/c1-16(2)10-11-30-25-9-8-21(15-24(25)28)23-14-18(5)22(12-19(23)6)13-20(7)26(29)27-17(3)4/h8-10,12-15,17,28H,11H2,1-7H3,(H,27,29). The van der Waals surface area contributed by atoms with Gasteiger partial charge in [0.15, 0.2) is 11.5 Å². The van der Waals surface area contributed by atoms with Gasteiger partial charge < -0.3 is 15.2 Å². The molecule has 0 heterocycles. The molecule has 1 amide bonds. The van der Waals surface area contributed by atoms with Gasteiger partial charge in [0.05, 0.1) is 0 Å². The van der Waals surface area contributed by atoms with Crippen molar-refractivity contribution < 1.29 is 14.6 Å². The van der Waals surface area contributed by atoms with Crippen molar-refractivity contribution in [1.29, 1.82) is 0 Å². The first-order chi connectivity index (χ1) is 14.1. The molecule has 30 heavy (non-hydrogen) atoms. The highest BCUT2D eigenvalue weighted by Crippen LogP contribution is 2.34. The Morgan fingerprint density at radius 1 is 1.10 bits per heavy atom. The maximum atomic E-state index is 12.2. The molecule has 2 N–H and O–H groups in total. The first-order valence-electron chi connectivity index (χ1n) is 10.3. The van der Waals surface area contributed by atoms with E-state index in [1.165, 1.54) is 5.57 Å². The Labute approximate surface area is 180 Å². The summed E-state index contributed by atoms with van der Waals surface area (Å²) in [6.45, 7) is 14.2. The molecule has 160 valence electrons. The van der Waals surface area contributed by atoms with E-state index in [1.807, 2.05) is 66.7 Å². The molecule has 0 aliphatic heterocycles. The SMILES string of the molecule is CC(C)=CCOc1ccc(-c2cc(C)c(C=C(C)C(=O)NC(C)C)cc2C)cc1O. The minimum Gasteiger partial charge on any atom is -0.504 e. The van der Waals surface area contributed by atoms with E-state index in [0.717, 1.165) is 27.8 Å². The lowest BCUT2D eigenvalue weighted by atomic mass is 9.94. The van der Waals surface area contributed by atoms with Crippen molar-refractivity contribution in [3.63, 3.8) is 0 Å². The van der Waals surface area contributed by atoms with Crippen LogP contribution in [0.4, 0.5) is 0 Å². The Bertz CT molecular complexity index is 980. The summed E-state index contributed by atoms with van der Waals surface area (Å²) in [4.78, 5) is 12.2. The Kier molecular flexibility index (Phi) is 7.87. The maximum Gasteiger partial charge on any atom is 0.247 e. The maximum absolute atomic E-state index is 12.2. The highest BCUT2D eigenvalue weighted by molar-refractivity contribution is 5.97. The van der Waals surface area contributed by atoms with Crippen LogP contribution in [-0.2, 0) is 4.79 Å². The average molecular weight is 408 g/mol. The van der Waals surface area contributed by atoms with Crippen LogP contribution < -0.4 is 10.1 Å². The second-order valence-corrected chi connectivity index (χ2v) is 8.25. The summed E-state index contributed by atoms with van der Waals surface area (Å²) < 4.78 is 5.63. The molecule has 0 spiro atoms. The number of amides is 1. The number of carbonyl (C=O) groups excluding carboxylic acids is 1. The van der Waals surface area contributed by atoms with Gasteiger partial charge >= 0.3 is 0 Å². The Morgan fingerprint density at radius 2 is 1.80 bits per heavy atom. The molecule has 2 aromatic carbocycles. The van der Waals surface area contributed by atoms with Crippen molar-refractivity contribution in [2.45, 2.75) is 54.5 Å². The van der Waals surface area contributed by atoms with Gasteiger partial charge in [0.2, 0.25) is 5.91 Å². The van der Waals surface area contributed by atoms with Gasteiger partial charge in [0, 0.05) is 11.6 Å². The van der Waals surface area contributed by atoms with Crippen molar-refractivity contribution in [3.8, 4) is 22.6 Å². The van der Waals surface area contributed by atoms with Crippen molar-refractivity contribution in [2.24, 2.45) is 0 Å². The van der Waals surface area contributed by atoms with E-state index in [0.29, 0.717) is 17.9 Å². The number of aryl methyl sites for hydroxylation is 2. The third kappa shape index (κ3) is 6.24. The van der Waals surface area contributed by atoms with E-state index in [2.05, 4.69) is 17.4 Å². The third-order valence-electron chi connectivity index (χ3n) is 4.76. The molecular formula is C26H33NO3. The summed E-state index contributed by atoms with van der Waals surface area (Å²) in [5, 5.41) is 13.3. The molecule has 0 saturated heterocycles. The van der Waals surface area contributed by atoms with Gasteiger partial charge in [0.1, 0.15) is 6.61 Å². The number of nitrogens with one attached hydrogen (secondary N) is 1. The van der Waals surface area contributed by atoms with Crippen molar-refractivity contribution in [3.05, 3.63) is 64.2 Å². The molecule has 0 atom stereocenters. The van der Waals surface area contributed by atoms with Crippen LogP contribution in [0.1, 0.15) is 51.3 Å². The molecule has 0 aliphatic rings. The molecule has 0 aliphatic carbocycles. The third-order valence-corrected chi connectivity index (χ3v) is 4.76. The van der Waals surface area contributed by atoms with Gasteiger partial charge in [-0.3, -0.25) is 4.79 Å². The highest BCUT2D eigenvalue weighted by Gasteiger charge is 2.11. The summed E-state index contributed by atoms with van der Waals surface area (Å²) in [5.41, 5.74) is 6.96. The first-order valence-corrected chi connectivity index (χ1v) is 10.3. The van der Waals surface area contributed by atoms with Gasteiger partial charge in [-0.15, -0.1) is 0 Å². The Balaban J connectivity index is 2.30. The summed E-state index contributed by atoms with van der Waals surface area (Å²) in [7, 11) is 0. The summed E-state index contributed by atoms with van der Waals surface area (Å²) >= 11 is 0. The van der Waals surface area contributed by atoms with Crippen LogP contribution >= 0.6 is 0 Å². The monoisotopic (exact) mass is 407 g/mol. The predicted molar refractivity (Wildman–Crippen MR) is 125 cm³/mol. The molecule has 0 saturated carbocycles. The predicted octanol–water partition coefficient (Wildman–Crippen LogP) is 5.95. The number of aromatic hydroxyl groups is 1. The number of carbonyl (C=O) groups is 1. The lowest BCUT2D eigenvalue weighted by molar-refractivity contribution is -0.117. The number of rotatable bonds is 7. The van der Waals surface area contributed by atoms with Crippen LogP contribution in [0.3, 0.4) is 0 Å². The molecule has 0 aromatic heterocycles. The van der Waals surface area contributed by atoms with Crippen molar-refractivity contribution in [1.82, 2.24) is 5.32 Å². The summed E-state index contributed by atoms with van der Waals surface area (Å²) in [6, 6.07) is 9.76. The molecule has 2 aromatic rings. The smallest absolute Gasteiger partial charge is 0.247 e. The van der Waals surface area contributed by atoms with Gasteiger partial charge in [-0.2, -0.15) is 0 Å². The summed E-state index contributed by atoms with van der Waals surface area (Å²) in [5.74, 6) is 0.536. The molecule has 0 unspecified atom stereocenters. The Morgan fingerprint density at radius 3 is 2.40 bits per heavy atom. The van der Waals surface area contributed by atoms with Crippen LogP contribution in [0, 0.1) is 13.8 Å². The van der Waals surface area contributed by atoms with Gasteiger partial charge in [-0.1, -0.05) is 23.8 Å². The lowest BCUT2D eigenvalue weighted by Gasteiger charge is -2.14. The first kappa shape index (κ1) is 23.3. The average Bonchev–Trinajstić information content (AvgIpc) is 2.64. The number of ether oxygens (including phenoxy) is 1. The number of hydrogen-bond acceptors (Lipinski definition) is 3. The lowest BCUT2D eigenvalue weighted by Crippen LogP contribution is -2.30. The van der Waals surface area contributed by atoms with E-state index in [9.17, 15) is 9.90 Å². The topological polar surface area (TPSA) is 58.6 Å². The molecular weight excluding hydrogens is 374 g/mol. The van der Waals surface area contributed by atoms with E-state index in [-0.39, 0.29) is 17.7 Å². The number of allylic oxidation sites excluding steroid dienone is 1. The fourth-order valence-electron chi connectivity index (χ4n) is 3.08. The van der Waals surface area contributed by atoms with E-state index in [1.54, 1.807) is 12.1 Å². The van der Waals surface area contributed by atoms with Crippen LogP contribution in [0.2, 0.25) is 0 Å². The number of phenolic OH excluding ortho intramolecular Hbond substituents is 1. The number of hydrogen-bond donors (Lipinski definition) is 2. The van der Waals surface area contributed by atoms with Crippen molar-refractivity contribution >= 4 is 12.0 Å². The van der Waals surface area contributed by atoms with Gasteiger partial charge in [-0.25, -0.2) is 0 Å². The van der Waals surface area contributed by atoms with Crippen LogP contribution in [0.15, 0.2) is 47.6 Å².